The van der Waals surface area contributed by atoms with Crippen LogP contribution in [0.2, 0.25) is 0 Å². The molecule has 1 N–H and O–H groups in total. The van der Waals surface area contributed by atoms with Gasteiger partial charge in [0, 0.05) is 0 Å². The van der Waals surface area contributed by atoms with Gasteiger partial charge in [0.05, 0.1) is 0 Å². The summed E-state index contributed by atoms with van der Waals surface area (Å²) in [5.41, 5.74) is 2.43. The number of carbonyl (C=O) groups is 1. The average Bonchev–Trinajstić information content (AvgIpc) is 3.01. The number of para-hydroxylation sites is 1. The molecule has 3 aromatic rings. The zero-order valence-corrected chi connectivity index (χ0v) is 15.7. The quantitative estimate of drug-likeness (QED) is 0.515. The maximum atomic E-state index is 12.3. The van der Waals surface area contributed by atoms with Gasteiger partial charge in [-0.15, -0.1) is 0 Å². The molecule has 2 radical (unpaired) electrons. The van der Waals surface area contributed by atoms with Gasteiger partial charge in [0.25, 0.3) is 0 Å². The van der Waals surface area contributed by atoms with Gasteiger partial charge in [-0.2, -0.15) is 0 Å². The Kier molecular flexibility index (Phi) is 5.56. The summed E-state index contributed by atoms with van der Waals surface area (Å²) < 4.78 is 7.97. The Bertz CT molecular complexity index is 862. The SMILES string of the molecule is CCOC(=O)c1cnn(Cc2ccccc2)c1Nc1ccccc1[As]. The molecule has 2 aromatic carbocycles. The number of ether oxygens (including phenoxy) is 1. The number of anilines is 2. The van der Waals surface area contributed by atoms with Crippen molar-refractivity contribution >= 4 is 38.7 Å². The van der Waals surface area contributed by atoms with Gasteiger partial charge in [0.15, 0.2) is 0 Å². The number of nitrogens with one attached hydrogen (secondary N) is 1. The molecule has 0 fully saturated rings. The molecule has 126 valence electrons. The minimum absolute atomic E-state index is 0.323. The van der Waals surface area contributed by atoms with Crippen molar-refractivity contribution in [2.24, 2.45) is 0 Å². The molecule has 1 aromatic heterocycles. The summed E-state index contributed by atoms with van der Waals surface area (Å²) in [6.07, 6.45) is 1.55. The van der Waals surface area contributed by atoms with E-state index in [1.165, 1.54) is 0 Å². The Balaban J connectivity index is 1.97. The molecule has 0 saturated heterocycles. The first-order valence-corrected chi connectivity index (χ1v) is 8.94. The van der Waals surface area contributed by atoms with Crippen LogP contribution in [0.15, 0.2) is 60.8 Å². The van der Waals surface area contributed by atoms with E-state index in [9.17, 15) is 4.79 Å². The third kappa shape index (κ3) is 4.12. The molecule has 25 heavy (non-hydrogen) atoms. The second-order valence-electron chi connectivity index (χ2n) is 5.41. The van der Waals surface area contributed by atoms with Gasteiger partial charge in [0.2, 0.25) is 0 Å². The molecule has 5 nitrogen and oxygen atoms in total. The monoisotopic (exact) mass is 395 g/mol. The molecule has 0 aliphatic rings. The summed E-state index contributed by atoms with van der Waals surface area (Å²) in [6.45, 7) is 2.67. The number of carbonyl (C=O) groups excluding carboxylic acids is 1. The van der Waals surface area contributed by atoms with Gasteiger partial charge in [-0.25, -0.2) is 0 Å². The van der Waals surface area contributed by atoms with Crippen LogP contribution >= 0.6 is 0 Å². The van der Waals surface area contributed by atoms with E-state index in [1.807, 2.05) is 54.6 Å². The summed E-state index contributed by atoms with van der Waals surface area (Å²) in [7, 11) is 0. The minimum atomic E-state index is -0.382. The Hall–Kier alpha value is -2.52. The first kappa shape index (κ1) is 17.3. The van der Waals surface area contributed by atoms with E-state index < -0.39 is 0 Å². The molecule has 0 aliphatic carbocycles. The Morgan fingerprint density at radius 3 is 2.60 bits per heavy atom. The fourth-order valence-electron chi connectivity index (χ4n) is 2.46. The Morgan fingerprint density at radius 1 is 1.16 bits per heavy atom. The predicted molar refractivity (Wildman–Crippen MR) is 98.8 cm³/mol. The number of esters is 1. The van der Waals surface area contributed by atoms with Gasteiger partial charge in [-0.3, -0.25) is 0 Å². The van der Waals surface area contributed by atoms with E-state index in [0.29, 0.717) is 24.5 Å². The number of rotatable bonds is 6. The number of aromatic nitrogens is 2. The van der Waals surface area contributed by atoms with E-state index in [2.05, 4.69) is 27.3 Å². The molecule has 0 unspecified atom stereocenters. The van der Waals surface area contributed by atoms with E-state index in [0.717, 1.165) is 15.6 Å². The van der Waals surface area contributed by atoms with Gasteiger partial charge >= 0.3 is 155 Å². The average molecular weight is 395 g/mol. The van der Waals surface area contributed by atoms with E-state index >= 15 is 0 Å². The number of benzene rings is 2. The van der Waals surface area contributed by atoms with Crippen molar-refractivity contribution in [3.8, 4) is 0 Å². The molecule has 0 aliphatic heterocycles. The second kappa shape index (κ2) is 8.04. The van der Waals surface area contributed by atoms with Gasteiger partial charge in [-0.1, -0.05) is 0 Å². The van der Waals surface area contributed by atoms with Crippen LogP contribution in [-0.2, 0) is 11.3 Å². The zero-order chi connectivity index (χ0) is 17.6. The second-order valence-corrected chi connectivity index (χ2v) is 6.42. The van der Waals surface area contributed by atoms with E-state index in [-0.39, 0.29) is 5.97 Å². The van der Waals surface area contributed by atoms with E-state index in [4.69, 9.17) is 4.74 Å². The summed E-state index contributed by atoms with van der Waals surface area (Å²) >= 11 is 2.52. The number of hydrogen-bond acceptors (Lipinski definition) is 4. The van der Waals surface area contributed by atoms with Crippen LogP contribution in [-0.4, -0.2) is 39.2 Å². The third-order valence-corrected chi connectivity index (χ3v) is 4.49. The Labute approximate surface area is 155 Å². The maximum absolute atomic E-state index is 12.3. The molecule has 0 bridgehead atoms. The van der Waals surface area contributed by atoms with Crippen LogP contribution in [0.3, 0.4) is 0 Å². The van der Waals surface area contributed by atoms with Crippen LogP contribution in [0.25, 0.3) is 0 Å². The molecular formula is C19H18AsN3O2. The van der Waals surface area contributed by atoms with Crippen molar-refractivity contribution in [2.75, 3.05) is 11.9 Å². The molecule has 0 spiro atoms. The van der Waals surface area contributed by atoms with Crippen LogP contribution in [0.4, 0.5) is 11.5 Å². The summed E-state index contributed by atoms with van der Waals surface area (Å²) in [5, 5.41) is 7.72. The van der Waals surface area contributed by atoms with Gasteiger partial charge < -0.3 is 0 Å². The number of hydrogen-bond donors (Lipinski definition) is 1. The van der Waals surface area contributed by atoms with Crippen molar-refractivity contribution < 1.29 is 9.53 Å². The number of nitrogens with zero attached hydrogens (tertiary/aromatic N) is 2. The molecule has 3 rings (SSSR count). The predicted octanol–water partition coefficient (Wildman–Crippen LogP) is 2.65. The molecule has 0 amide bonds. The Morgan fingerprint density at radius 2 is 1.88 bits per heavy atom. The van der Waals surface area contributed by atoms with Crippen molar-refractivity contribution in [3.63, 3.8) is 0 Å². The van der Waals surface area contributed by atoms with Crippen molar-refractivity contribution in [2.45, 2.75) is 13.5 Å². The first-order valence-electron chi connectivity index (χ1n) is 8.01. The molecule has 6 heteroatoms. The summed E-state index contributed by atoms with van der Waals surface area (Å²) in [6, 6.07) is 17.9. The topological polar surface area (TPSA) is 56.1 Å². The fourth-order valence-corrected chi connectivity index (χ4v) is 2.91. The summed E-state index contributed by atoms with van der Waals surface area (Å²) in [5.74, 6) is 0.244. The fraction of sp³-hybridized carbons (Fsp3) is 0.158. The molecular weight excluding hydrogens is 377 g/mol. The van der Waals surface area contributed by atoms with Gasteiger partial charge in [-0.05, 0) is 0 Å². The molecule has 1 heterocycles. The molecule has 0 atom stereocenters. The van der Waals surface area contributed by atoms with Crippen LogP contribution < -0.4 is 9.67 Å². The van der Waals surface area contributed by atoms with Crippen LogP contribution in [0.5, 0.6) is 0 Å². The third-order valence-electron chi connectivity index (χ3n) is 3.67. The van der Waals surface area contributed by atoms with Gasteiger partial charge in [0.1, 0.15) is 0 Å². The van der Waals surface area contributed by atoms with Crippen molar-refractivity contribution in [3.05, 3.63) is 71.9 Å². The van der Waals surface area contributed by atoms with E-state index in [1.54, 1.807) is 17.8 Å². The molecule has 0 saturated carbocycles. The first-order chi connectivity index (χ1) is 12.2. The van der Waals surface area contributed by atoms with Crippen LogP contribution in [0, 0.1) is 0 Å². The van der Waals surface area contributed by atoms with Crippen molar-refractivity contribution in [1.82, 2.24) is 9.78 Å². The normalized spacial score (nSPS) is 10.5. The zero-order valence-electron chi connectivity index (χ0n) is 13.8. The standard InChI is InChI=1S/C19H18AsN3O2/c1-2-25-19(24)15-12-21-23(13-14-8-4-3-5-9-14)18(15)22-17-11-7-6-10-16(17)20/h3-12,22H,2,13H2,1H3. The van der Waals surface area contributed by atoms with Crippen LogP contribution in [0.1, 0.15) is 22.8 Å². The van der Waals surface area contributed by atoms with Crippen molar-refractivity contribution in [1.29, 1.82) is 0 Å². The summed E-state index contributed by atoms with van der Waals surface area (Å²) in [4.78, 5) is 12.3.